The summed E-state index contributed by atoms with van der Waals surface area (Å²) in [6.45, 7) is 5.46. The van der Waals surface area contributed by atoms with Crippen molar-refractivity contribution < 1.29 is 19.4 Å². The first-order valence-electron chi connectivity index (χ1n) is 5.55. The number of aliphatic hydroxyl groups is 1. The predicted molar refractivity (Wildman–Crippen MR) is 64.2 cm³/mol. The van der Waals surface area contributed by atoms with E-state index in [4.69, 9.17) is 9.47 Å². The van der Waals surface area contributed by atoms with Gasteiger partial charge in [-0.3, -0.25) is 0 Å². The Kier molecular flexibility index (Phi) is 4.52. The lowest BCUT2D eigenvalue weighted by atomic mass is 10.1. The zero-order valence-corrected chi connectivity index (χ0v) is 10.4. The van der Waals surface area contributed by atoms with Crippen LogP contribution in [0.1, 0.15) is 31.1 Å². The minimum atomic E-state index is -0.943. The molecule has 1 aromatic rings. The largest absolute Gasteiger partial charge is 0.490 e. The number of para-hydroxylation sites is 1. The van der Waals surface area contributed by atoms with Crippen molar-refractivity contribution in [2.45, 2.75) is 26.4 Å². The van der Waals surface area contributed by atoms with Crippen LogP contribution in [0.2, 0.25) is 0 Å². The lowest BCUT2D eigenvalue weighted by Crippen LogP contribution is -2.28. The van der Waals surface area contributed by atoms with Gasteiger partial charge >= 0.3 is 5.97 Å². The number of carbonyl (C=O) groups is 1. The van der Waals surface area contributed by atoms with Gasteiger partial charge in [-0.1, -0.05) is 12.1 Å². The topological polar surface area (TPSA) is 55.8 Å². The van der Waals surface area contributed by atoms with Gasteiger partial charge in [-0.25, -0.2) is 4.79 Å². The predicted octanol–water partition coefficient (Wildman–Crippen LogP) is 2.01. The van der Waals surface area contributed by atoms with Crippen molar-refractivity contribution in [3.63, 3.8) is 0 Å². The van der Waals surface area contributed by atoms with E-state index in [1.54, 1.807) is 45.0 Å². The summed E-state index contributed by atoms with van der Waals surface area (Å²) in [5.41, 5.74) is -0.569. The molecule has 0 aliphatic rings. The zero-order chi connectivity index (χ0) is 12.9. The van der Waals surface area contributed by atoms with Crippen LogP contribution in [0.4, 0.5) is 0 Å². The summed E-state index contributed by atoms with van der Waals surface area (Å²) < 4.78 is 10.3. The second kappa shape index (κ2) is 5.68. The normalized spacial score (nSPS) is 11.1. The molecule has 0 atom stereocenters. The van der Waals surface area contributed by atoms with E-state index in [0.29, 0.717) is 17.9 Å². The van der Waals surface area contributed by atoms with Crippen LogP contribution in [-0.4, -0.2) is 29.9 Å². The molecule has 4 heteroatoms. The van der Waals surface area contributed by atoms with Crippen molar-refractivity contribution in [3.05, 3.63) is 29.8 Å². The molecule has 0 saturated heterocycles. The van der Waals surface area contributed by atoms with E-state index in [2.05, 4.69) is 0 Å². The van der Waals surface area contributed by atoms with Gasteiger partial charge in [-0.15, -0.1) is 0 Å². The fourth-order valence-electron chi connectivity index (χ4n) is 1.22. The van der Waals surface area contributed by atoms with Crippen molar-refractivity contribution in [2.24, 2.45) is 0 Å². The first-order valence-corrected chi connectivity index (χ1v) is 5.55. The molecule has 1 aromatic carbocycles. The van der Waals surface area contributed by atoms with E-state index < -0.39 is 11.6 Å². The van der Waals surface area contributed by atoms with Gasteiger partial charge in [-0.2, -0.15) is 0 Å². The maximum atomic E-state index is 11.6. The number of rotatable bonds is 5. The van der Waals surface area contributed by atoms with E-state index in [9.17, 15) is 9.90 Å². The lowest BCUT2D eigenvalue weighted by Gasteiger charge is -2.19. The van der Waals surface area contributed by atoms with E-state index in [0.717, 1.165) is 0 Å². The number of esters is 1. The number of benzene rings is 1. The molecule has 0 amide bonds. The van der Waals surface area contributed by atoms with Gasteiger partial charge in [0.1, 0.15) is 17.9 Å². The monoisotopic (exact) mass is 238 g/mol. The van der Waals surface area contributed by atoms with Crippen LogP contribution in [0.5, 0.6) is 5.75 Å². The van der Waals surface area contributed by atoms with Gasteiger partial charge in [0.2, 0.25) is 0 Å². The molecule has 94 valence electrons. The Morgan fingerprint density at radius 3 is 2.59 bits per heavy atom. The summed E-state index contributed by atoms with van der Waals surface area (Å²) in [6.07, 6.45) is 0. The highest BCUT2D eigenvalue weighted by Gasteiger charge is 2.17. The summed E-state index contributed by atoms with van der Waals surface area (Å²) in [5.74, 6) is 0.00641. The molecule has 0 radical (unpaired) electrons. The van der Waals surface area contributed by atoms with Crippen molar-refractivity contribution in [1.29, 1.82) is 0 Å². The Bertz CT molecular complexity index is 379. The summed E-state index contributed by atoms with van der Waals surface area (Å²) in [6, 6.07) is 6.82. The van der Waals surface area contributed by atoms with Gasteiger partial charge in [-0.05, 0) is 32.9 Å². The van der Waals surface area contributed by atoms with Gasteiger partial charge in [0.15, 0.2) is 0 Å². The van der Waals surface area contributed by atoms with Crippen molar-refractivity contribution in [2.75, 3.05) is 13.2 Å². The summed E-state index contributed by atoms with van der Waals surface area (Å²) in [7, 11) is 0. The Morgan fingerprint density at radius 2 is 2.00 bits per heavy atom. The summed E-state index contributed by atoms with van der Waals surface area (Å²) in [5, 5.41) is 9.57. The SMILES string of the molecule is CCOC(=O)c1ccccc1OCC(C)(C)O. The van der Waals surface area contributed by atoms with Crippen LogP contribution < -0.4 is 4.74 Å². The lowest BCUT2D eigenvalue weighted by molar-refractivity contribution is 0.0268. The van der Waals surface area contributed by atoms with Crippen LogP contribution in [-0.2, 0) is 4.74 Å². The molecule has 17 heavy (non-hydrogen) atoms. The third kappa shape index (κ3) is 4.44. The van der Waals surface area contributed by atoms with Crippen LogP contribution in [0.3, 0.4) is 0 Å². The van der Waals surface area contributed by atoms with Gasteiger partial charge in [0.25, 0.3) is 0 Å². The molecule has 0 unspecified atom stereocenters. The van der Waals surface area contributed by atoms with E-state index >= 15 is 0 Å². The second-order valence-corrected chi connectivity index (χ2v) is 4.32. The highest BCUT2D eigenvalue weighted by atomic mass is 16.5. The van der Waals surface area contributed by atoms with E-state index in [-0.39, 0.29) is 6.61 Å². The molecular weight excluding hydrogens is 220 g/mol. The standard InChI is InChI=1S/C13H18O4/c1-4-16-12(14)10-7-5-6-8-11(10)17-9-13(2,3)15/h5-8,15H,4,9H2,1-3H3. The third-order valence-electron chi connectivity index (χ3n) is 1.96. The van der Waals surface area contributed by atoms with Gasteiger partial charge in [0.05, 0.1) is 12.2 Å². The zero-order valence-electron chi connectivity index (χ0n) is 10.4. The molecule has 4 nitrogen and oxygen atoms in total. The van der Waals surface area contributed by atoms with Crippen molar-refractivity contribution in [1.82, 2.24) is 0 Å². The molecule has 0 fully saturated rings. The molecule has 0 spiro atoms. The molecule has 1 rings (SSSR count). The Hall–Kier alpha value is -1.55. The fourth-order valence-corrected chi connectivity index (χ4v) is 1.22. The van der Waals surface area contributed by atoms with Gasteiger partial charge in [0, 0.05) is 0 Å². The first kappa shape index (κ1) is 13.5. The van der Waals surface area contributed by atoms with Crippen molar-refractivity contribution >= 4 is 5.97 Å². The quantitative estimate of drug-likeness (QED) is 0.797. The number of carbonyl (C=O) groups excluding carboxylic acids is 1. The second-order valence-electron chi connectivity index (χ2n) is 4.32. The maximum absolute atomic E-state index is 11.6. The average molecular weight is 238 g/mol. The minimum absolute atomic E-state index is 0.115. The molecule has 0 heterocycles. The molecule has 0 aromatic heterocycles. The highest BCUT2D eigenvalue weighted by molar-refractivity contribution is 5.92. The smallest absolute Gasteiger partial charge is 0.341 e. The molecule has 0 saturated carbocycles. The first-order chi connectivity index (χ1) is 7.94. The fraction of sp³-hybridized carbons (Fsp3) is 0.462. The number of hydrogen-bond donors (Lipinski definition) is 1. The van der Waals surface area contributed by atoms with Crippen LogP contribution in [0, 0.1) is 0 Å². The molecule has 0 aliphatic heterocycles. The number of hydrogen-bond acceptors (Lipinski definition) is 4. The third-order valence-corrected chi connectivity index (χ3v) is 1.96. The average Bonchev–Trinajstić information content (AvgIpc) is 2.26. The van der Waals surface area contributed by atoms with E-state index in [1.807, 2.05) is 0 Å². The van der Waals surface area contributed by atoms with E-state index in [1.165, 1.54) is 0 Å². The van der Waals surface area contributed by atoms with Crippen molar-refractivity contribution in [3.8, 4) is 5.75 Å². The minimum Gasteiger partial charge on any atom is -0.490 e. The molecule has 1 N–H and O–H groups in total. The highest BCUT2D eigenvalue weighted by Crippen LogP contribution is 2.20. The van der Waals surface area contributed by atoms with Gasteiger partial charge < -0.3 is 14.6 Å². The summed E-state index contributed by atoms with van der Waals surface area (Å²) in [4.78, 5) is 11.6. The Labute approximate surface area is 101 Å². The molecular formula is C13H18O4. The Morgan fingerprint density at radius 1 is 1.35 bits per heavy atom. The molecule has 0 aliphatic carbocycles. The Balaban J connectivity index is 2.81. The van der Waals surface area contributed by atoms with Crippen LogP contribution in [0.15, 0.2) is 24.3 Å². The van der Waals surface area contributed by atoms with Crippen LogP contribution in [0.25, 0.3) is 0 Å². The van der Waals surface area contributed by atoms with Crippen LogP contribution >= 0.6 is 0 Å². The molecule has 0 bridgehead atoms. The summed E-state index contributed by atoms with van der Waals surface area (Å²) >= 11 is 0. The maximum Gasteiger partial charge on any atom is 0.341 e. The number of ether oxygens (including phenoxy) is 2.